The van der Waals surface area contributed by atoms with Gasteiger partial charge in [0.25, 0.3) is 0 Å². The molecule has 0 atom stereocenters. The predicted octanol–water partition coefficient (Wildman–Crippen LogP) is 3.74. The van der Waals surface area contributed by atoms with Crippen LogP contribution in [0, 0.1) is 0 Å². The molecular weight excluding hydrogens is 300 g/mol. The maximum Gasteiger partial charge on any atom is 0.141 e. The zero-order chi connectivity index (χ0) is 16.5. The maximum absolute atomic E-state index is 9.42. The lowest BCUT2D eigenvalue weighted by atomic mass is 10.1. The summed E-state index contributed by atoms with van der Waals surface area (Å²) in [7, 11) is 1.69. The summed E-state index contributed by atoms with van der Waals surface area (Å²) in [6.45, 7) is 0.675. The van der Waals surface area contributed by atoms with E-state index in [4.69, 9.17) is 4.74 Å². The highest BCUT2D eigenvalue weighted by atomic mass is 16.5. The molecule has 0 radical (unpaired) electrons. The molecule has 4 aromatic rings. The molecule has 2 heterocycles. The second-order valence-corrected chi connectivity index (χ2v) is 5.79. The molecule has 4 nitrogen and oxygen atoms in total. The van der Waals surface area contributed by atoms with Crippen molar-refractivity contribution < 1.29 is 9.84 Å². The molecule has 0 aliphatic carbocycles. The third-order valence-corrected chi connectivity index (χ3v) is 4.37. The van der Waals surface area contributed by atoms with E-state index in [1.165, 1.54) is 0 Å². The SMILES string of the molecule is COc1ccccc1Cn1c2ccccc2c2cc(CO)cnc21. The summed E-state index contributed by atoms with van der Waals surface area (Å²) in [6, 6.07) is 18.3. The number of rotatable bonds is 4. The number of ether oxygens (including phenoxy) is 1. The first-order valence-electron chi connectivity index (χ1n) is 7.90. The second kappa shape index (κ2) is 5.98. The molecule has 120 valence electrons. The van der Waals surface area contributed by atoms with E-state index >= 15 is 0 Å². The van der Waals surface area contributed by atoms with Crippen molar-refractivity contribution in [2.24, 2.45) is 0 Å². The number of hydrogen-bond acceptors (Lipinski definition) is 3. The maximum atomic E-state index is 9.42. The number of pyridine rings is 1. The van der Waals surface area contributed by atoms with Crippen LogP contribution in [0.1, 0.15) is 11.1 Å². The summed E-state index contributed by atoms with van der Waals surface area (Å²) in [4.78, 5) is 4.60. The first kappa shape index (κ1) is 14.7. The molecule has 0 amide bonds. The Bertz CT molecular complexity index is 1020. The van der Waals surface area contributed by atoms with E-state index in [1.54, 1.807) is 13.3 Å². The van der Waals surface area contributed by atoms with Crippen molar-refractivity contribution in [1.29, 1.82) is 0 Å². The molecule has 2 aromatic heterocycles. The van der Waals surface area contributed by atoms with E-state index in [0.717, 1.165) is 38.8 Å². The number of fused-ring (bicyclic) bond motifs is 3. The minimum atomic E-state index is -0.00500. The Kier molecular flexibility index (Phi) is 3.67. The van der Waals surface area contributed by atoms with E-state index in [2.05, 4.69) is 27.8 Å². The highest BCUT2D eigenvalue weighted by Crippen LogP contribution is 2.30. The van der Waals surface area contributed by atoms with Gasteiger partial charge in [-0.1, -0.05) is 36.4 Å². The molecule has 0 bridgehead atoms. The third-order valence-electron chi connectivity index (χ3n) is 4.37. The van der Waals surface area contributed by atoms with E-state index in [0.29, 0.717) is 6.54 Å². The number of nitrogens with zero attached hydrogens (tertiary/aromatic N) is 2. The molecule has 0 aliphatic rings. The number of benzene rings is 2. The number of hydrogen-bond donors (Lipinski definition) is 1. The molecule has 0 spiro atoms. The second-order valence-electron chi connectivity index (χ2n) is 5.79. The van der Waals surface area contributed by atoms with Crippen LogP contribution in [0.3, 0.4) is 0 Å². The molecular formula is C20H18N2O2. The van der Waals surface area contributed by atoms with Crippen LogP contribution >= 0.6 is 0 Å². The molecule has 24 heavy (non-hydrogen) atoms. The van der Waals surface area contributed by atoms with Crippen LogP contribution in [0.2, 0.25) is 0 Å². The van der Waals surface area contributed by atoms with Gasteiger partial charge in [0, 0.05) is 22.5 Å². The predicted molar refractivity (Wildman–Crippen MR) is 95.3 cm³/mol. The van der Waals surface area contributed by atoms with Crippen LogP contribution < -0.4 is 4.74 Å². The lowest BCUT2D eigenvalue weighted by Gasteiger charge is -2.11. The molecule has 4 rings (SSSR count). The van der Waals surface area contributed by atoms with Gasteiger partial charge in [-0.05, 0) is 23.8 Å². The number of aliphatic hydroxyl groups is 1. The van der Waals surface area contributed by atoms with Crippen LogP contribution in [0.15, 0.2) is 60.8 Å². The summed E-state index contributed by atoms with van der Waals surface area (Å²) >= 11 is 0. The average molecular weight is 318 g/mol. The summed E-state index contributed by atoms with van der Waals surface area (Å²) in [6.07, 6.45) is 1.74. The molecule has 0 unspecified atom stereocenters. The topological polar surface area (TPSA) is 47.3 Å². The van der Waals surface area contributed by atoms with Gasteiger partial charge in [0.15, 0.2) is 0 Å². The van der Waals surface area contributed by atoms with Crippen LogP contribution in [-0.2, 0) is 13.2 Å². The number of para-hydroxylation sites is 2. The molecule has 2 aromatic carbocycles. The average Bonchev–Trinajstić information content (AvgIpc) is 2.95. The lowest BCUT2D eigenvalue weighted by Crippen LogP contribution is -2.02. The first-order valence-corrected chi connectivity index (χ1v) is 7.90. The highest BCUT2D eigenvalue weighted by Gasteiger charge is 2.13. The van der Waals surface area contributed by atoms with Crippen molar-refractivity contribution in [2.75, 3.05) is 7.11 Å². The quantitative estimate of drug-likeness (QED) is 0.623. The third kappa shape index (κ3) is 2.32. The van der Waals surface area contributed by atoms with Gasteiger partial charge in [0.05, 0.1) is 25.8 Å². The highest BCUT2D eigenvalue weighted by molar-refractivity contribution is 6.06. The standard InChI is InChI=1S/C20H18N2O2/c1-24-19-9-5-2-6-15(19)12-22-18-8-4-3-7-16(18)17-10-14(13-23)11-21-20(17)22/h2-11,23H,12-13H2,1H3. The van der Waals surface area contributed by atoms with Gasteiger partial charge in [-0.2, -0.15) is 0 Å². The Hall–Kier alpha value is -2.85. The fourth-order valence-corrected chi connectivity index (χ4v) is 3.22. The van der Waals surface area contributed by atoms with Gasteiger partial charge in [0.2, 0.25) is 0 Å². The van der Waals surface area contributed by atoms with Gasteiger partial charge in [0.1, 0.15) is 11.4 Å². The zero-order valence-electron chi connectivity index (χ0n) is 13.4. The van der Waals surface area contributed by atoms with E-state index < -0.39 is 0 Å². The summed E-state index contributed by atoms with van der Waals surface area (Å²) in [5, 5.41) is 11.6. The molecule has 0 aliphatic heterocycles. The Balaban J connectivity index is 1.96. The van der Waals surface area contributed by atoms with Gasteiger partial charge >= 0.3 is 0 Å². The van der Waals surface area contributed by atoms with Crippen molar-refractivity contribution in [1.82, 2.24) is 9.55 Å². The van der Waals surface area contributed by atoms with E-state index in [-0.39, 0.29) is 6.61 Å². The Morgan fingerprint density at radius 1 is 1.04 bits per heavy atom. The smallest absolute Gasteiger partial charge is 0.141 e. The van der Waals surface area contributed by atoms with Gasteiger partial charge in [-0.15, -0.1) is 0 Å². The molecule has 4 heteroatoms. The largest absolute Gasteiger partial charge is 0.496 e. The van der Waals surface area contributed by atoms with Crippen LogP contribution in [0.25, 0.3) is 21.9 Å². The Morgan fingerprint density at radius 3 is 2.67 bits per heavy atom. The van der Waals surface area contributed by atoms with E-state index in [9.17, 15) is 5.11 Å². The van der Waals surface area contributed by atoms with Crippen molar-refractivity contribution in [3.8, 4) is 5.75 Å². The zero-order valence-corrected chi connectivity index (χ0v) is 13.4. The van der Waals surface area contributed by atoms with Gasteiger partial charge in [-0.25, -0.2) is 4.98 Å². The molecule has 1 N–H and O–H groups in total. The van der Waals surface area contributed by atoms with Crippen molar-refractivity contribution >= 4 is 21.9 Å². The molecule has 0 fully saturated rings. The van der Waals surface area contributed by atoms with Crippen LogP contribution in [-0.4, -0.2) is 21.8 Å². The van der Waals surface area contributed by atoms with E-state index in [1.807, 2.05) is 36.4 Å². The summed E-state index contributed by atoms with van der Waals surface area (Å²) < 4.78 is 7.69. The molecule has 0 saturated heterocycles. The minimum Gasteiger partial charge on any atom is -0.496 e. The summed E-state index contributed by atoms with van der Waals surface area (Å²) in [5.41, 5.74) is 3.97. The number of methoxy groups -OCH3 is 1. The number of aliphatic hydroxyl groups excluding tert-OH is 1. The molecule has 0 saturated carbocycles. The first-order chi connectivity index (χ1) is 11.8. The normalized spacial score (nSPS) is 11.2. The Morgan fingerprint density at radius 2 is 1.83 bits per heavy atom. The minimum absolute atomic E-state index is 0.00500. The summed E-state index contributed by atoms with van der Waals surface area (Å²) in [5.74, 6) is 0.871. The lowest BCUT2D eigenvalue weighted by molar-refractivity contribution is 0.281. The van der Waals surface area contributed by atoms with Crippen LogP contribution in [0.5, 0.6) is 5.75 Å². The van der Waals surface area contributed by atoms with Crippen molar-refractivity contribution in [3.05, 3.63) is 71.9 Å². The van der Waals surface area contributed by atoms with Gasteiger partial charge < -0.3 is 14.4 Å². The fraction of sp³-hybridized carbons (Fsp3) is 0.150. The number of aromatic nitrogens is 2. The van der Waals surface area contributed by atoms with Crippen LogP contribution in [0.4, 0.5) is 0 Å². The Labute approximate surface area is 139 Å². The monoisotopic (exact) mass is 318 g/mol. The van der Waals surface area contributed by atoms with Gasteiger partial charge in [-0.3, -0.25) is 0 Å². The fourth-order valence-electron chi connectivity index (χ4n) is 3.22. The van der Waals surface area contributed by atoms with Crippen molar-refractivity contribution in [2.45, 2.75) is 13.2 Å². The van der Waals surface area contributed by atoms with Crippen molar-refractivity contribution in [3.63, 3.8) is 0 Å².